The SMILES string of the molecule is Cc1cc(C)c(C)c(Oc2cc(NC(=O)c3ccn(COc4ccc(F)cc4F)n3)cc([N+](=O)[O-])c2)c1. The smallest absolute Gasteiger partial charge is 0.276 e. The first-order valence-corrected chi connectivity index (χ1v) is 11.1. The zero-order valence-corrected chi connectivity index (χ0v) is 20.1. The first-order chi connectivity index (χ1) is 17.6. The molecule has 0 aliphatic rings. The van der Waals surface area contributed by atoms with Gasteiger partial charge in [0.2, 0.25) is 0 Å². The standard InChI is InChI=1S/C26H22F2N4O5/c1-15-8-16(2)17(3)25(9-15)37-21-12-19(11-20(13-21)32(34)35)29-26(33)23-6-7-31(30-23)14-36-24-5-4-18(27)10-22(24)28/h4-13H,14H2,1-3H3,(H,29,33). The number of aromatic nitrogens is 2. The van der Waals surface area contributed by atoms with Crippen molar-refractivity contribution in [1.29, 1.82) is 0 Å². The second-order valence-electron chi connectivity index (χ2n) is 8.32. The number of aryl methyl sites for hydroxylation is 2. The summed E-state index contributed by atoms with van der Waals surface area (Å²) in [6, 6.07) is 12.1. The number of rotatable bonds is 8. The molecule has 0 spiro atoms. The van der Waals surface area contributed by atoms with Gasteiger partial charge in [0.25, 0.3) is 11.6 Å². The molecule has 0 aliphatic heterocycles. The van der Waals surface area contributed by atoms with Crippen LogP contribution in [0.2, 0.25) is 0 Å². The van der Waals surface area contributed by atoms with E-state index in [0.717, 1.165) is 28.8 Å². The van der Waals surface area contributed by atoms with Crippen LogP contribution in [0.3, 0.4) is 0 Å². The Morgan fingerprint density at radius 3 is 2.57 bits per heavy atom. The van der Waals surface area contributed by atoms with E-state index in [1.54, 1.807) is 0 Å². The molecule has 1 aromatic heterocycles. The number of hydrogen-bond acceptors (Lipinski definition) is 6. The number of nitrogens with zero attached hydrogens (tertiary/aromatic N) is 3. The molecule has 3 aromatic carbocycles. The Kier molecular flexibility index (Phi) is 7.14. The zero-order valence-electron chi connectivity index (χ0n) is 20.1. The van der Waals surface area contributed by atoms with Crippen molar-refractivity contribution in [3.05, 3.63) is 105 Å². The highest BCUT2D eigenvalue weighted by atomic mass is 19.1. The highest BCUT2D eigenvalue weighted by molar-refractivity contribution is 6.03. The van der Waals surface area contributed by atoms with Gasteiger partial charge in [-0.1, -0.05) is 6.07 Å². The number of benzene rings is 3. The second-order valence-corrected chi connectivity index (χ2v) is 8.32. The second kappa shape index (κ2) is 10.4. The van der Waals surface area contributed by atoms with Crippen molar-refractivity contribution in [2.24, 2.45) is 0 Å². The largest absolute Gasteiger partial charge is 0.468 e. The average Bonchev–Trinajstić information content (AvgIpc) is 3.31. The minimum absolute atomic E-state index is 0.0118. The summed E-state index contributed by atoms with van der Waals surface area (Å²) in [5, 5.41) is 18.1. The molecule has 9 nitrogen and oxygen atoms in total. The molecule has 190 valence electrons. The molecule has 1 N–H and O–H groups in total. The number of carbonyl (C=O) groups is 1. The fourth-order valence-corrected chi connectivity index (χ4v) is 3.53. The van der Waals surface area contributed by atoms with Gasteiger partial charge in [-0.15, -0.1) is 0 Å². The molecule has 11 heteroatoms. The van der Waals surface area contributed by atoms with Gasteiger partial charge in [0.05, 0.1) is 16.7 Å². The molecule has 0 fully saturated rings. The molecule has 4 aromatic rings. The van der Waals surface area contributed by atoms with E-state index in [9.17, 15) is 23.7 Å². The summed E-state index contributed by atoms with van der Waals surface area (Å²) in [4.78, 5) is 23.6. The maximum absolute atomic E-state index is 13.7. The summed E-state index contributed by atoms with van der Waals surface area (Å²) >= 11 is 0. The minimum Gasteiger partial charge on any atom is -0.468 e. The Hall–Kier alpha value is -4.80. The van der Waals surface area contributed by atoms with Crippen LogP contribution in [0.1, 0.15) is 27.2 Å². The Morgan fingerprint density at radius 2 is 1.84 bits per heavy atom. The van der Waals surface area contributed by atoms with Crippen molar-refractivity contribution in [2.75, 3.05) is 5.32 Å². The molecular formula is C26H22F2N4O5. The minimum atomic E-state index is -0.871. The lowest BCUT2D eigenvalue weighted by Crippen LogP contribution is -2.14. The van der Waals surface area contributed by atoms with Crippen molar-refractivity contribution < 1.29 is 28.0 Å². The lowest BCUT2D eigenvalue weighted by molar-refractivity contribution is -0.384. The van der Waals surface area contributed by atoms with Gasteiger partial charge in [-0.05, 0) is 61.7 Å². The van der Waals surface area contributed by atoms with Gasteiger partial charge >= 0.3 is 0 Å². The van der Waals surface area contributed by atoms with Gasteiger partial charge in [-0.25, -0.2) is 13.5 Å². The molecule has 0 unspecified atom stereocenters. The Morgan fingerprint density at radius 1 is 1.05 bits per heavy atom. The topological polar surface area (TPSA) is 109 Å². The van der Waals surface area contributed by atoms with Crippen molar-refractivity contribution >= 4 is 17.3 Å². The highest BCUT2D eigenvalue weighted by Gasteiger charge is 2.17. The van der Waals surface area contributed by atoms with E-state index < -0.39 is 22.5 Å². The van der Waals surface area contributed by atoms with Crippen molar-refractivity contribution in [3.8, 4) is 17.2 Å². The van der Waals surface area contributed by atoms with E-state index in [4.69, 9.17) is 9.47 Å². The quantitative estimate of drug-likeness (QED) is 0.228. The summed E-state index contributed by atoms with van der Waals surface area (Å²) in [7, 11) is 0. The molecule has 0 radical (unpaired) electrons. The van der Waals surface area contributed by atoms with Crippen LogP contribution in [0, 0.1) is 42.5 Å². The van der Waals surface area contributed by atoms with Crippen LogP contribution < -0.4 is 14.8 Å². The number of halogens is 2. The van der Waals surface area contributed by atoms with Crippen LogP contribution in [0.15, 0.2) is 60.8 Å². The maximum atomic E-state index is 13.7. The van der Waals surface area contributed by atoms with Gasteiger partial charge in [-0.3, -0.25) is 14.9 Å². The van der Waals surface area contributed by atoms with E-state index >= 15 is 0 Å². The molecule has 0 bridgehead atoms. The summed E-state index contributed by atoms with van der Waals surface area (Å²) in [5.74, 6) is -1.69. The van der Waals surface area contributed by atoms with E-state index in [1.807, 2.05) is 32.9 Å². The Labute approximate surface area is 210 Å². The molecule has 0 atom stereocenters. The average molecular weight is 508 g/mol. The summed E-state index contributed by atoms with van der Waals surface area (Å²) < 4.78 is 39.2. The zero-order chi connectivity index (χ0) is 26.7. The number of anilines is 1. The summed E-state index contributed by atoms with van der Waals surface area (Å²) in [6.45, 7) is 5.50. The highest BCUT2D eigenvalue weighted by Crippen LogP contribution is 2.33. The number of carbonyl (C=O) groups excluding carboxylic acids is 1. The van der Waals surface area contributed by atoms with E-state index in [2.05, 4.69) is 10.4 Å². The van der Waals surface area contributed by atoms with E-state index in [1.165, 1.54) is 35.1 Å². The predicted molar refractivity (Wildman–Crippen MR) is 131 cm³/mol. The van der Waals surface area contributed by atoms with Crippen LogP contribution in [-0.2, 0) is 6.73 Å². The fraction of sp³-hybridized carbons (Fsp3) is 0.154. The fourth-order valence-electron chi connectivity index (χ4n) is 3.53. The third-order valence-corrected chi connectivity index (χ3v) is 5.47. The molecule has 37 heavy (non-hydrogen) atoms. The molecule has 4 rings (SSSR count). The molecule has 0 saturated heterocycles. The van der Waals surface area contributed by atoms with Crippen LogP contribution in [-0.4, -0.2) is 20.6 Å². The number of amides is 1. The van der Waals surface area contributed by atoms with E-state index in [-0.39, 0.29) is 35.3 Å². The summed E-state index contributed by atoms with van der Waals surface area (Å²) in [6.07, 6.45) is 1.43. The monoisotopic (exact) mass is 508 g/mol. The van der Waals surface area contributed by atoms with Gasteiger partial charge in [0, 0.05) is 24.4 Å². The third kappa shape index (κ3) is 6.07. The summed E-state index contributed by atoms with van der Waals surface area (Å²) in [5.41, 5.74) is 2.72. The number of ether oxygens (including phenoxy) is 2. The van der Waals surface area contributed by atoms with Crippen molar-refractivity contribution in [3.63, 3.8) is 0 Å². The van der Waals surface area contributed by atoms with Crippen LogP contribution in [0.25, 0.3) is 0 Å². The van der Waals surface area contributed by atoms with Crippen molar-refractivity contribution in [1.82, 2.24) is 9.78 Å². The number of hydrogen-bond donors (Lipinski definition) is 1. The van der Waals surface area contributed by atoms with Gasteiger partial charge < -0.3 is 14.8 Å². The van der Waals surface area contributed by atoms with Crippen LogP contribution in [0.5, 0.6) is 17.2 Å². The maximum Gasteiger partial charge on any atom is 0.276 e. The molecular weight excluding hydrogens is 486 g/mol. The third-order valence-electron chi connectivity index (χ3n) is 5.47. The molecule has 1 heterocycles. The van der Waals surface area contributed by atoms with Gasteiger partial charge in [0.1, 0.15) is 17.3 Å². The van der Waals surface area contributed by atoms with Crippen molar-refractivity contribution in [2.45, 2.75) is 27.5 Å². The first kappa shape index (κ1) is 25.3. The number of nitro groups is 1. The first-order valence-electron chi connectivity index (χ1n) is 11.1. The lowest BCUT2D eigenvalue weighted by Gasteiger charge is -2.13. The van der Waals surface area contributed by atoms with Gasteiger partial charge in [-0.2, -0.15) is 5.10 Å². The normalized spacial score (nSPS) is 10.7. The lowest BCUT2D eigenvalue weighted by atomic mass is 10.1. The molecule has 1 amide bonds. The molecule has 0 saturated carbocycles. The Balaban J connectivity index is 1.50. The number of non-ortho nitro benzene ring substituents is 1. The predicted octanol–water partition coefficient (Wildman–Crippen LogP) is 6.08. The van der Waals surface area contributed by atoms with E-state index in [0.29, 0.717) is 11.8 Å². The van der Waals surface area contributed by atoms with Gasteiger partial charge in [0.15, 0.2) is 24.0 Å². The number of nitrogens with one attached hydrogen (secondary N) is 1. The Bertz CT molecular complexity index is 1500. The molecule has 0 aliphatic carbocycles. The number of nitro benzene ring substituents is 1. The van der Waals surface area contributed by atoms with Crippen LogP contribution in [0.4, 0.5) is 20.2 Å². The van der Waals surface area contributed by atoms with Crippen LogP contribution >= 0.6 is 0 Å².